The van der Waals surface area contributed by atoms with Crippen LogP contribution in [0.5, 0.6) is 11.5 Å². The van der Waals surface area contributed by atoms with Crippen LogP contribution in [-0.4, -0.2) is 69.6 Å². The van der Waals surface area contributed by atoms with Crippen LogP contribution in [0.2, 0.25) is 0 Å². The molecule has 1 amide bonds. The van der Waals surface area contributed by atoms with Crippen molar-refractivity contribution < 1.29 is 33.3 Å². The summed E-state index contributed by atoms with van der Waals surface area (Å²) in [5.74, 6) is -2.98. The minimum absolute atomic E-state index is 0.0443. The Morgan fingerprint density at radius 1 is 1.08 bits per heavy atom. The molecule has 0 bridgehead atoms. The smallest absolute Gasteiger partial charge is 0.338 e. The Labute approximate surface area is 209 Å². The number of esters is 2. The molecule has 36 heavy (non-hydrogen) atoms. The molecule has 11 heteroatoms. The van der Waals surface area contributed by atoms with Gasteiger partial charge in [-0.15, -0.1) is 0 Å². The molecule has 0 saturated heterocycles. The Balaban J connectivity index is 2.10. The number of carbonyl (C=O) groups excluding carboxylic acids is 3. The van der Waals surface area contributed by atoms with Gasteiger partial charge in [0.15, 0.2) is 23.5 Å². The van der Waals surface area contributed by atoms with Crippen LogP contribution < -0.4 is 14.8 Å². The van der Waals surface area contributed by atoms with E-state index in [1.165, 1.54) is 20.4 Å². The van der Waals surface area contributed by atoms with Crippen LogP contribution >= 0.6 is 0 Å². The minimum Gasteiger partial charge on any atom is -0.493 e. The van der Waals surface area contributed by atoms with E-state index < -0.39 is 29.8 Å². The molecule has 1 N–H and O–H groups in total. The highest BCUT2D eigenvalue weighted by atomic mass is 16.5. The molecule has 1 aliphatic carbocycles. The lowest BCUT2D eigenvalue weighted by molar-refractivity contribution is -0.155. The summed E-state index contributed by atoms with van der Waals surface area (Å²) < 4.78 is 20.4. The summed E-state index contributed by atoms with van der Waals surface area (Å²) in [5, 5.41) is 18.1. The third-order valence-electron chi connectivity index (χ3n) is 6.23. The highest BCUT2D eigenvalue weighted by Gasteiger charge is 2.49. The maximum Gasteiger partial charge on any atom is 0.338 e. The Morgan fingerprint density at radius 3 is 2.36 bits per heavy atom. The van der Waals surface area contributed by atoms with Crippen molar-refractivity contribution in [3.63, 3.8) is 0 Å². The number of benzene rings is 1. The first-order valence-corrected chi connectivity index (χ1v) is 11.6. The summed E-state index contributed by atoms with van der Waals surface area (Å²) in [4.78, 5) is 39.3. The van der Waals surface area contributed by atoms with E-state index in [9.17, 15) is 19.6 Å². The molecule has 0 radical (unpaired) electrons. The van der Waals surface area contributed by atoms with E-state index in [1.807, 2.05) is 6.07 Å². The number of rotatable bonds is 8. The van der Waals surface area contributed by atoms with E-state index >= 15 is 0 Å². The van der Waals surface area contributed by atoms with E-state index in [4.69, 9.17) is 18.9 Å². The molecule has 1 aromatic carbocycles. The largest absolute Gasteiger partial charge is 0.493 e. The van der Waals surface area contributed by atoms with Crippen LogP contribution in [0, 0.1) is 17.2 Å². The Kier molecular flexibility index (Phi) is 8.89. The van der Waals surface area contributed by atoms with Gasteiger partial charge in [-0.2, -0.15) is 10.4 Å². The van der Waals surface area contributed by atoms with Crippen LogP contribution in [0.15, 0.2) is 34.6 Å². The summed E-state index contributed by atoms with van der Waals surface area (Å²) >= 11 is 0. The number of nitrogens with one attached hydrogen (secondary N) is 1. The molecule has 1 fully saturated rings. The van der Waals surface area contributed by atoms with Gasteiger partial charge >= 0.3 is 11.9 Å². The first kappa shape index (κ1) is 26.5. The predicted molar refractivity (Wildman–Crippen MR) is 128 cm³/mol. The van der Waals surface area contributed by atoms with E-state index in [1.54, 1.807) is 18.2 Å². The number of amides is 1. The molecule has 1 heterocycles. The molecule has 1 aliphatic heterocycles. The van der Waals surface area contributed by atoms with Crippen molar-refractivity contribution in [2.45, 2.75) is 44.2 Å². The molecule has 1 saturated carbocycles. The summed E-state index contributed by atoms with van der Waals surface area (Å²) in [6.45, 7) is 0. The standard InChI is InChI=1S/C25H30N4O7/c1-33-18-11-10-15(12-19(18)34-2)14-27-29-22(25(32)36-4)20(24(31)35-3)21(17(13-26)23(29)30)28-16-8-6-5-7-9-16/h10-12,14,16-17,22,28H,5-9H2,1-4H3/b27-14+. The fraction of sp³-hybridized carbons (Fsp3) is 0.480. The predicted octanol–water partition coefficient (Wildman–Crippen LogP) is 1.91. The third-order valence-corrected chi connectivity index (χ3v) is 6.23. The van der Waals surface area contributed by atoms with E-state index in [0.717, 1.165) is 51.3 Å². The van der Waals surface area contributed by atoms with Gasteiger partial charge in [0.25, 0.3) is 5.91 Å². The van der Waals surface area contributed by atoms with Crippen molar-refractivity contribution in [1.82, 2.24) is 10.3 Å². The lowest BCUT2D eigenvalue weighted by Crippen LogP contribution is -2.55. The number of ether oxygens (including phenoxy) is 4. The van der Waals surface area contributed by atoms with Crippen molar-refractivity contribution in [3.05, 3.63) is 35.0 Å². The van der Waals surface area contributed by atoms with Gasteiger partial charge in [0, 0.05) is 6.04 Å². The zero-order valence-electron chi connectivity index (χ0n) is 20.8. The number of carbonyl (C=O) groups is 3. The molecule has 192 valence electrons. The lowest BCUT2D eigenvalue weighted by Gasteiger charge is -2.37. The first-order valence-electron chi connectivity index (χ1n) is 11.6. The van der Waals surface area contributed by atoms with Crippen molar-refractivity contribution in [2.75, 3.05) is 28.4 Å². The Morgan fingerprint density at radius 2 is 1.78 bits per heavy atom. The first-order chi connectivity index (χ1) is 17.4. The Hall–Kier alpha value is -4.07. The second-order valence-corrected chi connectivity index (χ2v) is 8.33. The van der Waals surface area contributed by atoms with Crippen molar-refractivity contribution >= 4 is 24.1 Å². The average molecular weight is 499 g/mol. The van der Waals surface area contributed by atoms with Crippen LogP contribution in [0.25, 0.3) is 0 Å². The lowest BCUT2D eigenvalue weighted by atomic mass is 9.88. The zero-order valence-corrected chi connectivity index (χ0v) is 20.8. The van der Waals surface area contributed by atoms with Gasteiger partial charge in [0.05, 0.1) is 52.0 Å². The average Bonchev–Trinajstić information content (AvgIpc) is 2.91. The molecular weight excluding hydrogens is 468 g/mol. The van der Waals surface area contributed by atoms with Crippen molar-refractivity contribution in [2.24, 2.45) is 11.0 Å². The summed E-state index contributed by atoms with van der Waals surface area (Å²) in [6, 6.07) is 5.32. The summed E-state index contributed by atoms with van der Waals surface area (Å²) in [6.07, 6.45) is 5.99. The van der Waals surface area contributed by atoms with Crippen molar-refractivity contribution in [3.8, 4) is 17.6 Å². The highest BCUT2D eigenvalue weighted by molar-refractivity contribution is 6.04. The molecule has 2 aliphatic rings. The maximum atomic E-state index is 13.5. The van der Waals surface area contributed by atoms with Gasteiger partial charge < -0.3 is 24.3 Å². The van der Waals surface area contributed by atoms with Gasteiger partial charge in [-0.25, -0.2) is 14.6 Å². The molecule has 0 spiro atoms. The van der Waals surface area contributed by atoms with Crippen LogP contribution in [0.4, 0.5) is 0 Å². The van der Waals surface area contributed by atoms with Gasteiger partial charge in [-0.3, -0.25) is 4.79 Å². The molecule has 0 aromatic heterocycles. The fourth-order valence-corrected chi connectivity index (χ4v) is 4.40. The quantitative estimate of drug-likeness (QED) is 0.420. The maximum absolute atomic E-state index is 13.5. The second kappa shape index (κ2) is 12.1. The monoisotopic (exact) mass is 498 g/mol. The molecule has 11 nitrogen and oxygen atoms in total. The topological polar surface area (TPSA) is 140 Å². The van der Waals surface area contributed by atoms with Gasteiger partial charge in [-0.1, -0.05) is 19.3 Å². The van der Waals surface area contributed by atoms with E-state index in [2.05, 4.69) is 10.4 Å². The number of nitrogens with zero attached hydrogens (tertiary/aromatic N) is 3. The number of hydrogen-bond acceptors (Lipinski definition) is 10. The number of hydrogen-bond donors (Lipinski definition) is 1. The highest BCUT2D eigenvalue weighted by Crippen LogP contribution is 2.32. The number of hydrazone groups is 1. The summed E-state index contributed by atoms with van der Waals surface area (Å²) in [7, 11) is 5.28. The van der Waals surface area contributed by atoms with E-state index in [-0.39, 0.29) is 17.3 Å². The van der Waals surface area contributed by atoms with Gasteiger partial charge in [0.1, 0.15) is 0 Å². The van der Waals surface area contributed by atoms with Crippen LogP contribution in [0.1, 0.15) is 37.7 Å². The molecule has 1 aromatic rings. The zero-order chi connectivity index (χ0) is 26.2. The SMILES string of the molecule is COC(=O)C1=C(NC2CCCCC2)C(C#N)C(=O)N(/N=C/c2ccc(OC)c(OC)c2)C1C(=O)OC. The van der Waals surface area contributed by atoms with Gasteiger partial charge in [0.2, 0.25) is 0 Å². The molecule has 2 unspecified atom stereocenters. The summed E-state index contributed by atoms with van der Waals surface area (Å²) in [5.41, 5.74) is 0.409. The Bertz CT molecular complexity index is 1100. The molecule has 3 rings (SSSR count). The van der Waals surface area contributed by atoms with Crippen molar-refractivity contribution in [1.29, 1.82) is 5.26 Å². The van der Waals surface area contributed by atoms with E-state index in [0.29, 0.717) is 17.1 Å². The second-order valence-electron chi connectivity index (χ2n) is 8.33. The fourth-order valence-electron chi connectivity index (χ4n) is 4.40. The number of nitriles is 1. The van der Waals surface area contributed by atoms with Crippen LogP contribution in [0.3, 0.4) is 0 Å². The number of methoxy groups -OCH3 is 4. The minimum atomic E-state index is -1.54. The van der Waals surface area contributed by atoms with Gasteiger partial charge in [-0.05, 0) is 36.6 Å². The molecular formula is C25H30N4O7. The molecule has 2 atom stereocenters. The third kappa shape index (κ3) is 5.43. The van der Waals surface area contributed by atoms with Crippen LogP contribution in [-0.2, 0) is 23.9 Å². The normalized spacial score (nSPS) is 20.6.